The average molecular weight is 256 g/mol. The molecule has 0 saturated heterocycles. The van der Waals surface area contributed by atoms with Crippen LogP contribution in [0.4, 0.5) is 0 Å². The van der Waals surface area contributed by atoms with Gasteiger partial charge in [-0.3, -0.25) is 0 Å². The predicted molar refractivity (Wildman–Crippen MR) is 70.9 cm³/mol. The van der Waals surface area contributed by atoms with Crippen molar-refractivity contribution in [3.8, 4) is 0 Å². The maximum atomic E-state index is 5.66. The van der Waals surface area contributed by atoms with Gasteiger partial charge in [-0.15, -0.1) is 5.10 Å². The molecule has 2 N–H and O–H groups in total. The summed E-state index contributed by atoms with van der Waals surface area (Å²) in [6.07, 6.45) is -0.136. The lowest BCUT2D eigenvalue weighted by molar-refractivity contribution is 0.108. The van der Waals surface area contributed by atoms with Crippen LogP contribution in [0.1, 0.15) is 51.2 Å². The van der Waals surface area contributed by atoms with E-state index in [2.05, 4.69) is 31.1 Å². The Morgan fingerprint density at radius 3 is 2.35 bits per heavy atom. The van der Waals surface area contributed by atoms with Gasteiger partial charge in [0, 0.05) is 7.11 Å². The molecule has 17 heavy (non-hydrogen) atoms. The number of hydrogen-bond acceptors (Lipinski definition) is 4. The number of hydrogen-bond donors (Lipinski definition) is 1. The lowest BCUT2D eigenvalue weighted by Gasteiger charge is -2.21. The molecule has 2 unspecified atom stereocenters. The lowest BCUT2D eigenvalue weighted by atomic mass is 10.1. The predicted octanol–water partition coefficient (Wildman–Crippen LogP) is 1.84. The van der Waals surface area contributed by atoms with Crippen LogP contribution in [0, 0.1) is 5.92 Å². The first-order valence-electron chi connectivity index (χ1n) is 5.67. The van der Waals surface area contributed by atoms with Crippen LogP contribution in [0.2, 0.25) is 0 Å². The quantitative estimate of drug-likeness (QED) is 0.814. The number of rotatable bonds is 5. The second kappa shape index (κ2) is 5.55. The molecule has 0 aliphatic rings. The molecule has 5 nitrogen and oxygen atoms in total. The van der Waals surface area contributed by atoms with Crippen molar-refractivity contribution in [2.75, 3.05) is 7.11 Å². The van der Waals surface area contributed by atoms with Crippen LogP contribution in [-0.2, 0) is 4.74 Å². The van der Waals surface area contributed by atoms with Gasteiger partial charge in [0.05, 0.1) is 17.8 Å². The fraction of sp³-hybridized carbons (Fsp3) is 0.727. The van der Waals surface area contributed by atoms with Gasteiger partial charge >= 0.3 is 0 Å². The fourth-order valence-electron chi connectivity index (χ4n) is 1.55. The Morgan fingerprint density at radius 1 is 1.35 bits per heavy atom. The molecule has 1 aromatic heterocycles. The molecule has 0 radical (unpaired) electrons. The Morgan fingerprint density at radius 2 is 1.94 bits per heavy atom. The highest BCUT2D eigenvalue weighted by Gasteiger charge is 2.24. The highest BCUT2D eigenvalue weighted by Crippen LogP contribution is 2.25. The van der Waals surface area contributed by atoms with Gasteiger partial charge in [-0.25, -0.2) is 4.68 Å². The second-order valence-electron chi connectivity index (χ2n) is 4.49. The first kappa shape index (κ1) is 14.1. The van der Waals surface area contributed by atoms with Crippen LogP contribution >= 0.6 is 12.2 Å². The topological polar surface area (TPSA) is 66.0 Å². The zero-order valence-electron chi connectivity index (χ0n) is 11.0. The maximum absolute atomic E-state index is 5.66. The molecule has 1 rings (SSSR count). The van der Waals surface area contributed by atoms with Gasteiger partial charge in [-0.2, -0.15) is 0 Å². The summed E-state index contributed by atoms with van der Waals surface area (Å²) in [7, 11) is 1.64. The van der Waals surface area contributed by atoms with E-state index in [1.165, 1.54) is 0 Å². The van der Waals surface area contributed by atoms with E-state index >= 15 is 0 Å². The Kier molecular flexibility index (Phi) is 4.59. The van der Waals surface area contributed by atoms with E-state index in [0.29, 0.717) is 11.6 Å². The minimum Gasteiger partial charge on any atom is -0.388 e. The summed E-state index contributed by atoms with van der Waals surface area (Å²) in [6.45, 7) is 8.29. The van der Waals surface area contributed by atoms with Crippen LogP contribution in [0.25, 0.3) is 0 Å². The van der Waals surface area contributed by atoms with Crippen molar-refractivity contribution in [1.29, 1.82) is 0 Å². The van der Waals surface area contributed by atoms with E-state index in [1.807, 2.05) is 11.6 Å². The summed E-state index contributed by atoms with van der Waals surface area (Å²) in [5.41, 5.74) is 7.06. The summed E-state index contributed by atoms with van der Waals surface area (Å²) in [6, 6.07) is 0.221. The van der Waals surface area contributed by atoms with E-state index in [0.717, 1.165) is 5.69 Å². The van der Waals surface area contributed by atoms with Gasteiger partial charge in [0.2, 0.25) is 0 Å². The zero-order chi connectivity index (χ0) is 13.2. The Hall–Kier alpha value is -1.01. The third-order valence-electron chi connectivity index (χ3n) is 3.05. The smallest absolute Gasteiger partial charge is 0.145 e. The Labute approximate surface area is 107 Å². The molecule has 0 aliphatic carbocycles. The number of methoxy groups -OCH3 is 1. The van der Waals surface area contributed by atoms with Crippen molar-refractivity contribution in [2.24, 2.45) is 11.7 Å². The summed E-state index contributed by atoms with van der Waals surface area (Å²) >= 11 is 4.99. The largest absolute Gasteiger partial charge is 0.388 e. The van der Waals surface area contributed by atoms with E-state index < -0.39 is 0 Å². The fourth-order valence-corrected chi connectivity index (χ4v) is 1.70. The Balaban J connectivity index is 3.27. The van der Waals surface area contributed by atoms with Crippen molar-refractivity contribution < 1.29 is 4.74 Å². The molecule has 1 heterocycles. The maximum Gasteiger partial charge on any atom is 0.145 e. The number of nitrogens with zero attached hydrogens (tertiary/aromatic N) is 3. The van der Waals surface area contributed by atoms with Gasteiger partial charge < -0.3 is 10.5 Å². The first-order chi connectivity index (χ1) is 7.90. The molecular formula is C11H20N4OS. The van der Waals surface area contributed by atoms with Crippen molar-refractivity contribution in [3.05, 3.63) is 11.4 Å². The molecule has 1 aromatic rings. The van der Waals surface area contributed by atoms with E-state index in [4.69, 9.17) is 22.7 Å². The lowest BCUT2D eigenvalue weighted by Crippen LogP contribution is -2.20. The highest BCUT2D eigenvalue weighted by atomic mass is 32.1. The number of ether oxygens (including phenoxy) is 1. The van der Waals surface area contributed by atoms with Crippen molar-refractivity contribution in [2.45, 2.75) is 39.8 Å². The molecule has 0 fully saturated rings. The van der Waals surface area contributed by atoms with E-state index in [9.17, 15) is 0 Å². The third-order valence-corrected chi connectivity index (χ3v) is 3.25. The molecule has 0 aliphatic heterocycles. The van der Waals surface area contributed by atoms with Gasteiger partial charge in [0.15, 0.2) is 0 Å². The number of aromatic nitrogens is 3. The van der Waals surface area contributed by atoms with Gasteiger partial charge in [0.1, 0.15) is 10.7 Å². The van der Waals surface area contributed by atoms with Crippen molar-refractivity contribution in [1.82, 2.24) is 15.0 Å². The van der Waals surface area contributed by atoms with Crippen LogP contribution in [0.15, 0.2) is 0 Å². The van der Waals surface area contributed by atoms with Crippen LogP contribution in [0.5, 0.6) is 0 Å². The number of nitrogens with two attached hydrogens (primary N) is 1. The zero-order valence-corrected chi connectivity index (χ0v) is 11.8. The van der Waals surface area contributed by atoms with Crippen molar-refractivity contribution in [3.63, 3.8) is 0 Å². The Bertz CT molecular complexity index is 402. The van der Waals surface area contributed by atoms with Gasteiger partial charge in [-0.05, 0) is 19.8 Å². The van der Waals surface area contributed by atoms with Crippen LogP contribution in [-0.4, -0.2) is 27.1 Å². The molecular weight excluding hydrogens is 236 g/mol. The molecule has 0 spiro atoms. The minimum atomic E-state index is -0.136. The van der Waals surface area contributed by atoms with Crippen molar-refractivity contribution >= 4 is 17.2 Å². The standard InChI is InChI=1S/C11H20N4OS/c1-6(2)7(3)15-10(8(4)16-5)9(11(12)17)13-14-15/h6-8H,1-5H3,(H2,12,17). The normalized spacial score (nSPS) is 14.9. The van der Waals surface area contributed by atoms with E-state index in [-0.39, 0.29) is 17.1 Å². The molecule has 0 aromatic carbocycles. The summed E-state index contributed by atoms with van der Waals surface area (Å²) in [4.78, 5) is 0.256. The van der Waals surface area contributed by atoms with Gasteiger partial charge in [-0.1, -0.05) is 31.3 Å². The SMILES string of the molecule is COC(C)c1c(C(N)=S)nnn1C(C)C(C)C. The molecule has 2 atom stereocenters. The van der Waals surface area contributed by atoms with E-state index in [1.54, 1.807) is 7.11 Å². The molecule has 0 bridgehead atoms. The highest BCUT2D eigenvalue weighted by molar-refractivity contribution is 7.80. The molecule has 96 valence electrons. The van der Waals surface area contributed by atoms with Gasteiger partial charge in [0.25, 0.3) is 0 Å². The number of thiocarbonyl (C=S) groups is 1. The average Bonchev–Trinajstić information content (AvgIpc) is 2.71. The summed E-state index contributed by atoms with van der Waals surface area (Å²) in [5.74, 6) is 0.443. The second-order valence-corrected chi connectivity index (χ2v) is 4.93. The molecule has 0 amide bonds. The summed E-state index contributed by atoms with van der Waals surface area (Å²) in [5, 5.41) is 8.20. The minimum absolute atomic E-state index is 0.136. The third kappa shape index (κ3) is 2.81. The summed E-state index contributed by atoms with van der Waals surface area (Å²) < 4.78 is 7.19. The monoisotopic (exact) mass is 256 g/mol. The van der Waals surface area contributed by atoms with Crippen LogP contribution in [0.3, 0.4) is 0 Å². The first-order valence-corrected chi connectivity index (χ1v) is 6.08. The molecule has 6 heteroatoms. The molecule has 0 saturated carbocycles. The van der Waals surface area contributed by atoms with Crippen LogP contribution < -0.4 is 5.73 Å².